The number of benzene rings is 2. The Hall–Kier alpha value is -2.84. The number of hydrogen-bond donors (Lipinski definition) is 2. The molecule has 130 valence electrons. The van der Waals surface area contributed by atoms with Gasteiger partial charge in [0.25, 0.3) is 0 Å². The molecule has 1 unspecified atom stereocenters. The Bertz CT molecular complexity index is 708. The molecule has 2 amide bonds. The van der Waals surface area contributed by atoms with Crippen LogP contribution in [0.4, 0.5) is 4.79 Å². The van der Waals surface area contributed by atoms with E-state index in [2.05, 4.69) is 11.4 Å². The number of carbonyl (C=O) groups excluding carboxylic acids is 1. The topological polar surface area (TPSA) is 76.4 Å². The summed E-state index contributed by atoms with van der Waals surface area (Å²) in [5.74, 6) is 0.0819. The molecular formula is C20H23N3O2. The quantitative estimate of drug-likeness (QED) is 0.815. The molecule has 0 aliphatic rings. The predicted molar refractivity (Wildman–Crippen MR) is 96.9 cm³/mol. The van der Waals surface area contributed by atoms with Crippen LogP contribution in [0.5, 0.6) is 0 Å². The summed E-state index contributed by atoms with van der Waals surface area (Å²) in [6.45, 7) is 1.02. The number of nitrogens with one attached hydrogen (secondary N) is 1. The maximum atomic E-state index is 12.3. The molecule has 2 aromatic carbocycles. The Morgan fingerprint density at radius 3 is 2.48 bits per heavy atom. The van der Waals surface area contributed by atoms with Gasteiger partial charge in [-0.05, 0) is 29.7 Å². The standard InChI is InChI=1S/C20H23N3O2/c1-23(15-17-9-7-16(13-21)8-10-17)20(25)22-14-19(11-12-24)18-5-3-2-4-6-18/h2-10,19,24H,11-12,14-15H2,1H3,(H,22,25). The SMILES string of the molecule is CN(Cc1ccc(C#N)cc1)C(=O)NCC(CCO)c1ccccc1. The van der Waals surface area contributed by atoms with E-state index in [1.807, 2.05) is 42.5 Å². The number of nitriles is 1. The molecule has 0 saturated heterocycles. The van der Waals surface area contributed by atoms with E-state index in [1.54, 1.807) is 24.1 Å². The summed E-state index contributed by atoms with van der Waals surface area (Å²) in [5, 5.41) is 21.0. The van der Waals surface area contributed by atoms with Crippen LogP contribution in [0, 0.1) is 11.3 Å². The minimum Gasteiger partial charge on any atom is -0.396 e. The fourth-order valence-corrected chi connectivity index (χ4v) is 2.64. The van der Waals surface area contributed by atoms with Crippen LogP contribution in [0.15, 0.2) is 54.6 Å². The smallest absolute Gasteiger partial charge is 0.317 e. The second-order valence-corrected chi connectivity index (χ2v) is 5.97. The first-order chi connectivity index (χ1) is 12.1. The summed E-state index contributed by atoms with van der Waals surface area (Å²) >= 11 is 0. The molecule has 5 nitrogen and oxygen atoms in total. The van der Waals surface area contributed by atoms with Gasteiger partial charge in [-0.25, -0.2) is 4.79 Å². The van der Waals surface area contributed by atoms with Crippen LogP contribution in [0.25, 0.3) is 0 Å². The van der Waals surface area contributed by atoms with Crippen molar-refractivity contribution in [3.05, 3.63) is 71.3 Å². The second kappa shape index (κ2) is 9.45. The van der Waals surface area contributed by atoms with Gasteiger partial charge < -0.3 is 15.3 Å². The minimum atomic E-state index is -0.164. The molecule has 0 bridgehead atoms. The molecule has 0 aliphatic heterocycles. The van der Waals surface area contributed by atoms with E-state index in [0.29, 0.717) is 25.1 Å². The molecule has 2 rings (SSSR count). The summed E-state index contributed by atoms with van der Waals surface area (Å²) in [5.41, 5.74) is 2.67. The zero-order valence-corrected chi connectivity index (χ0v) is 14.4. The number of carbonyl (C=O) groups is 1. The van der Waals surface area contributed by atoms with E-state index in [4.69, 9.17) is 5.26 Å². The van der Waals surface area contributed by atoms with Gasteiger partial charge in [0.05, 0.1) is 11.6 Å². The molecule has 25 heavy (non-hydrogen) atoms. The highest BCUT2D eigenvalue weighted by molar-refractivity contribution is 5.73. The van der Waals surface area contributed by atoms with Crippen molar-refractivity contribution in [2.75, 3.05) is 20.2 Å². The Kier molecular flexibility index (Phi) is 7.00. The van der Waals surface area contributed by atoms with Gasteiger partial charge in [-0.1, -0.05) is 42.5 Å². The number of aliphatic hydroxyl groups is 1. The molecule has 5 heteroatoms. The fraction of sp³-hybridized carbons (Fsp3) is 0.300. The molecule has 2 N–H and O–H groups in total. The molecule has 0 fully saturated rings. The van der Waals surface area contributed by atoms with Crippen molar-refractivity contribution >= 4 is 6.03 Å². The number of urea groups is 1. The zero-order chi connectivity index (χ0) is 18.1. The van der Waals surface area contributed by atoms with E-state index in [-0.39, 0.29) is 18.6 Å². The van der Waals surface area contributed by atoms with Crippen molar-refractivity contribution in [1.29, 1.82) is 5.26 Å². The molecular weight excluding hydrogens is 314 g/mol. The molecule has 1 atom stereocenters. The first-order valence-corrected chi connectivity index (χ1v) is 8.28. The van der Waals surface area contributed by atoms with Crippen LogP contribution >= 0.6 is 0 Å². The molecule has 0 spiro atoms. The van der Waals surface area contributed by atoms with Gasteiger partial charge in [0, 0.05) is 32.7 Å². The predicted octanol–water partition coefficient (Wildman–Crippen LogP) is 2.87. The normalized spacial score (nSPS) is 11.4. The highest BCUT2D eigenvalue weighted by Crippen LogP contribution is 2.18. The Morgan fingerprint density at radius 1 is 1.20 bits per heavy atom. The Morgan fingerprint density at radius 2 is 1.88 bits per heavy atom. The number of amides is 2. The molecule has 0 heterocycles. The molecule has 2 aromatic rings. The monoisotopic (exact) mass is 337 g/mol. The average Bonchev–Trinajstić information content (AvgIpc) is 2.66. The van der Waals surface area contributed by atoms with Crippen molar-refractivity contribution < 1.29 is 9.90 Å². The lowest BCUT2D eigenvalue weighted by molar-refractivity contribution is 0.204. The average molecular weight is 337 g/mol. The van der Waals surface area contributed by atoms with Crippen LogP contribution in [0.3, 0.4) is 0 Å². The van der Waals surface area contributed by atoms with Crippen molar-refractivity contribution in [2.45, 2.75) is 18.9 Å². The van der Waals surface area contributed by atoms with Crippen LogP contribution in [0.2, 0.25) is 0 Å². The lowest BCUT2D eigenvalue weighted by Gasteiger charge is -2.21. The number of nitrogens with zero attached hydrogens (tertiary/aromatic N) is 2. The summed E-state index contributed by atoms with van der Waals surface area (Å²) < 4.78 is 0. The fourth-order valence-electron chi connectivity index (χ4n) is 2.64. The van der Waals surface area contributed by atoms with E-state index < -0.39 is 0 Å². The van der Waals surface area contributed by atoms with Crippen molar-refractivity contribution in [3.63, 3.8) is 0 Å². The van der Waals surface area contributed by atoms with Crippen LogP contribution in [-0.4, -0.2) is 36.2 Å². The van der Waals surface area contributed by atoms with Gasteiger partial charge in [0.15, 0.2) is 0 Å². The van der Waals surface area contributed by atoms with Crippen molar-refractivity contribution in [1.82, 2.24) is 10.2 Å². The highest BCUT2D eigenvalue weighted by atomic mass is 16.3. The molecule has 0 saturated carbocycles. The van der Waals surface area contributed by atoms with Crippen LogP contribution in [-0.2, 0) is 6.54 Å². The Balaban J connectivity index is 1.89. The first kappa shape index (κ1) is 18.5. The van der Waals surface area contributed by atoms with Gasteiger partial charge in [0.2, 0.25) is 0 Å². The maximum absolute atomic E-state index is 12.3. The van der Waals surface area contributed by atoms with E-state index in [0.717, 1.165) is 11.1 Å². The Labute approximate surface area is 148 Å². The van der Waals surface area contributed by atoms with Gasteiger partial charge in [-0.15, -0.1) is 0 Å². The lowest BCUT2D eigenvalue weighted by atomic mass is 9.96. The maximum Gasteiger partial charge on any atom is 0.317 e. The van der Waals surface area contributed by atoms with Gasteiger partial charge in [-0.3, -0.25) is 0 Å². The molecule has 0 aliphatic carbocycles. The minimum absolute atomic E-state index is 0.0799. The van der Waals surface area contributed by atoms with Gasteiger partial charge in [0.1, 0.15) is 0 Å². The number of rotatable bonds is 7. The first-order valence-electron chi connectivity index (χ1n) is 8.28. The van der Waals surface area contributed by atoms with Gasteiger partial charge in [-0.2, -0.15) is 5.26 Å². The molecule has 0 radical (unpaired) electrons. The van der Waals surface area contributed by atoms with E-state index in [1.165, 1.54) is 0 Å². The van der Waals surface area contributed by atoms with Crippen molar-refractivity contribution in [3.8, 4) is 6.07 Å². The number of hydrogen-bond acceptors (Lipinski definition) is 3. The molecule has 0 aromatic heterocycles. The summed E-state index contributed by atoms with van der Waals surface area (Å²) in [6.07, 6.45) is 0.601. The van der Waals surface area contributed by atoms with Crippen LogP contribution < -0.4 is 5.32 Å². The second-order valence-electron chi connectivity index (χ2n) is 5.97. The largest absolute Gasteiger partial charge is 0.396 e. The zero-order valence-electron chi connectivity index (χ0n) is 14.4. The lowest BCUT2D eigenvalue weighted by Crippen LogP contribution is -2.39. The third-order valence-corrected chi connectivity index (χ3v) is 4.10. The third kappa shape index (κ3) is 5.63. The van der Waals surface area contributed by atoms with E-state index in [9.17, 15) is 9.90 Å². The van der Waals surface area contributed by atoms with Gasteiger partial charge >= 0.3 is 6.03 Å². The van der Waals surface area contributed by atoms with Crippen LogP contribution in [0.1, 0.15) is 29.0 Å². The summed E-state index contributed by atoms with van der Waals surface area (Å²) in [6, 6.07) is 19.0. The summed E-state index contributed by atoms with van der Waals surface area (Å²) in [4.78, 5) is 13.9. The van der Waals surface area contributed by atoms with E-state index >= 15 is 0 Å². The third-order valence-electron chi connectivity index (χ3n) is 4.10. The number of aliphatic hydroxyl groups excluding tert-OH is 1. The summed E-state index contributed by atoms with van der Waals surface area (Å²) in [7, 11) is 1.73. The highest BCUT2D eigenvalue weighted by Gasteiger charge is 2.14. The van der Waals surface area contributed by atoms with Crippen molar-refractivity contribution in [2.24, 2.45) is 0 Å².